The molecule has 0 unspecified atom stereocenters. The molecule has 3 rings (SSSR count). The van der Waals surface area contributed by atoms with Gasteiger partial charge in [-0.1, -0.05) is 35.9 Å². The fourth-order valence-electron chi connectivity index (χ4n) is 2.11. The molecular weight excluding hydrogens is 249 g/mol. The Balaban J connectivity index is 1.90. The lowest BCUT2D eigenvalue weighted by molar-refractivity contribution is 0.628. The van der Waals surface area contributed by atoms with Gasteiger partial charge in [-0.3, -0.25) is 0 Å². The summed E-state index contributed by atoms with van der Waals surface area (Å²) < 4.78 is 12.8. The Labute approximate surface area is 117 Å². The molecule has 0 amide bonds. The smallest absolute Gasteiger partial charge is 0.123 e. The molecule has 0 aliphatic carbocycles. The van der Waals surface area contributed by atoms with Crippen LogP contribution in [0.25, 0.3) is 23.1 Å². The van der Waals surface area contributed by atoms with E-state index in [2.05, 4.69) is 30.1 Å². The number of pyridine rings is 1. The lowest BCUT2D eigenvalue weighted by Gasteiger charge is -2.00. The van der Waals surface area contributed by atoms with E-state index >= 15 is 0 Å². The van der Waals surface area contributed by atoms with E-state index in [1.807, 2.05) is 24.3 Å². The number of hydrogen-bond donors (Lipinski definition) is 0. The first-order chi connectivity index (χ1) is 9.70. The standard InChI is InChI=1S/C18H14FN/c1-13-2-11-18-15(12-13)6-10-17(20-18)9-5-14-3-7-16(19)8-4-14/h2-12H,1H3/b9-5+. The van der Waals surface area contributed by atoms with E-state index < -0.39 is 0 Å². The van der Waals surface area contributed by atoms with Gasteiger partial charge in [0.25, 0.3) is 0 Å². The molecule has 98 valence electrons. The maximum absolute atomic E-state index is 12.8. The molecule has 0 atom stereocenters. The molecule has 0 fully saturated rings. The van der Waals surface area contributed by atoms with E-state index in [-0.39, 0.29) is 5.82 Å². The molecule has 0 aliphatic heterocycles. The molecule has 1 heterocycles. The number of halogens is 1. The Kier molecular flexibility index (Phi) is 3.30. The van der Waals surface area contributed by atoms with Gasteiger partial charge in [-0.05, 0) is 48.9 Å². The Hall–Kier alpha value is -2.48. The molecule has 1 nitrogen and oxygen atoms in total. The van der Waals surface area contributed by atoms with Crippen molar-refractivity contribution in [3.63, 3.8) is 0 Å². The number of fused-ring (bicyclic) bond motifs is 1. The van der Waals surface area contributed by atoms with Gasteiger partial charge in [0, 0.05) is 5.39 Å². The molecule has 0 saturated heterocycles. The van der Waals surface area contributed by atoms with E-state index in [0.29, 0.717) is 0 Å². The number of hydrogen-bond acceptors (Lipinski definition) is 1. The van der Waals surface area contributed by atoms with Crippen LogP contribution < -0.4 is 0 Å². The zero-order chi connectivity index (χ0) is 13.9. The van der Waals surface area contributed by atoms with Crippen molar-refractivity contribution in [2.75, 3.05) is 0 Å². The van der Waals surface area contributed by atoms with Gasteiger partial charge >= 0.3 is 0 Å². The zero-order valence-corrected chi connectivity index (χ0v) is 11.2. The molecule has 0 spiro atoms. The average Bonchev–Trinajstić information content (AvgIpc) is 2.46. The second kappa shape index (κ2) is 5.25. The first-order valence-electron chi connectivity index (χ1n) is 6.52. The highest BCUT2D eigenvalue weighted by Gasteiger charge is 1.96. The number of benzene rings is 2. The van der Waals surface area contributed by atoms with Gasteiger partial charge in [-0.25, -0.2) is 9.37 Å². The van der Waals surface area contributed by atoms with Crippen LogP contribution in [0.4, 0.5) is 4.39 Å². The summed E-state index contributed by atoms with van der Waals surface area (Å²) in [5.74, 6) is -0.221. The second-order valence-electron chi connectivity index (χ2n) is 4.82. The van der Waals surface area contributed by atoms with Crippen molar-refractivity contribution < 1.29 is 4.39 Å². The fourth-order valence-corrected chi connectivity index (χ4v) is 2.11. The minimum atomic E-state index is -0.221. The van der Waals surface area contributed by atoms with Gasteiger partial charge in [0.1, 0.15) is 5.82 Å². The van der Waals surface area contributed by atoms with Crippen molar-refractivity contribution in [3.05, 3.63) is 77.2 Å². The summed E-state index contributed by atoms with van der Waals surface area (Å²) in [5, 5.41) is 1.14. The maximum Gasteiger partial charge on any atom is 0.123 e. The summed E-state index contributed by atoms with van der Waals surface area (Å²) in [6.07, 6.45) is 3.87. The van der Waals surface area contributed by atoms with Crippen LogP contribution in [0.5, 0.6) is 0 Å². The van der Waals surface area contributed by atoms with Crippen LogP contribution in [0.1, 0.15) is 16.8 Å². The van der Waals surface area contributed by atoms with Crippen LogP contribution in [0, 0.1) is 12.7 Å². The zero-order valence-electron chi connectivity index (χ0n) is 11.2. The average molecular weight is 263 g/mol. The van der Waals surface area contributed by atoms with Crippen LogP contribution >= 0.6 is 0 Å². The van der Waals surface area contributed by atoms with E-state index in [9.17, 15) is 4.39 Å². The minimum Gasteiger partial charge on any atom is -0.248 e. The third kappa shape index (κ3) is 2.75. The van der Waals surface area contributed by atoms with Crippen LogP contribution in [0.3, 0.4) is 0 Å². The van der Waals surface area contributed by atoms with Gasteiger partial charge in [0.2, 0.25) is 0 Å². The molecule has 3 aromatic rings. The SMILES string of the molecule is Cc1ccc2nc(/C=C/c3ccc(F)cc3)ccc2c1. The molecule has 20 heavy (non-hydrogen) atoms. The minimum absolute atomic E-state index is 0.221. The molecular formula is C18H14FN. The molecule has 2 aromatic carbocycles. The van der Waals surface area contributed by atoms with Crippen molar-refractivity contribution in [1.82, 2.24) is 4.98 Å². The normalized spacial score (nSPS) is 11.3. The Morgan fingerprint density at radius 3 is 2.50 bits per heavy atom. The molecule has 2 heteroatoms. The summed E-state index contributed by atoms with van der Waals surface area (Å²) in [4.78, 5) is 4.59. The first kappa shape index (κ1) is 12.5. The highest BCUT2D eigenvalue weighted by atomic mass is 19.1. The number of aromatic nitrogens is 1. The number of nitrogens with zero attached hydrogens (tertiary/aromatic N) is 1. The van der Waals surface area contributed by atoms with E-state index in [4.69, 9.17) is 0 Å². The highest BCUT2D eigenvalue weighted by Crippen LogP contribution is 2.16. The van der Waals surface area contributed by atoms with Crippen LogP contribution in [-0.4, -0.2) is 4.98 Å². The highest BCUT2D eigenvalue weighted by molar-refractivity contribution is 5.81. The number of rotatable bonds is 2. The van der Waals surface area contributed by atoms with Crippen molar-refractivity contribution >= 4 is 23.1 Å². The van der Waals surface area contributed by atoms with E-state index in [1.54, 1.807) is 12.1 Å². The van der Waals surface area contributed by atoms with Crippen molar-refractivity contribution in [1.29, 1.82) is 0 Å². The molecule has 0 N–H and O–H groups in total. The van der Waals surface area contributed by atoms with Crippen LogP contribution in [-0.2, 0) is 0 Å². The third-order valence-corrected chi connectivity index (χ3v) is 3.18. The lowest BCUT2D eigenvalue weighted by Crippen LogP contribution is -1.84. The van der Waals surface area contributed by atoms with Gasteiger partial charge in [0.15, 0.2) is 0 Å². The van der Waals surface area contributed by atoms with Crippen LogP contribution in [0.2, 0.25) is 0 Å². The van der Waals surface area contributed by atoms with Crippen molar-refractivity contribution in [2.24, 2.45) is 0 Å². The summed E-state index contributed by atoms with van der Waals surface area (Å²) in [5.41, 5.74) is 4.06. The van der Waals surface area contributed by atoms with E-state index in [0.717, 1.165) is 22.2 Å². The monoisotopic (exact) mass is 263 g/mol. The molecule has 1 aromatic heterocycles. The summed E-state index contributed by atoms with van der Waals surface area (Å²) in [7, 11) is 0. The van der Waals surface area contributed by atoms with Crippen molar-refractivity contribution in [3.8, 4) is 0 Å². The number of aryl methyl sites for hydroxylation is 1. The maximum atomic E-state index is 12.8. The summed E-state index contributed by atoms with van der Waals surface area (Å²) >= 11 is 0. The van der Waals surface area contributed by atoms with Gasteiger partial charge < -0.3 is 0 Å². The molecule has 0 aliphatic rings. The lowest BCUT2D eigenvalue weighted by atomic mass is 10.1. The fraction of sp³-hybridized carbons (Fsp3) is 0.0556. The van der Waals surface area contributed by atoms with E-state index in [1.165, 1.54) is 17.7 Å². The van der Waals surface area contributed by atoms with Gasteiger partial charge in [-0.15, -0.1) is 0 Å². The largest absolute Gasteiger partial charge is 0.248 e. The topological polar surface area (TPSA) is 12.9 Å². The summed E-state index contributed by atoms with van der Waals surface area (Å²) in [6, 6.07) is 16.7. The predicted molar refractivity (Wildman–Crippen MR) is 81.8 cm³/mol. The second-order valence-corrected chi connectivity index (χ2v) is 4.82. The quantitative estimate of drug-likeness (QED) is 0.644. The molecule has 0 bridgehead atoms. The third-order valence-electron chi connectivity index (χ3n) is 3.18. The Bertz CT molecular complexity index is 773. The predicted octanol–water partition coefficient (Wildman–Crippen LogP) is 4.85. The van der Waals surface area contributed by atoms with Crippen molar-refractivity contribution in [2.45, 2.75) is 6.92 Å². The van der Waals surface area contributed by atoms with Crippen LogP contribution in [0.15, 0.2) is 54.6 Å². The molecule has 0 saturated carbocycles. The Morgan fingerprint density at radius 2 is 1.70 bits per heavy atom. The van der Waals surface area contributed by atoms with Gasteiger partial charge in [-0.2, -0.15) is 0 Å². The van der Waals surface area contributed by atoms with Gasteiger partial charge in [0.05, 0.1) is 11.2 Å². The Morgan fingerprint density at radius 1 is 0.900 bits per heavy atom. The first-order valence-corrected chi connectivity index (χ1v) is 6.52. The molecule has 0 radical (unpaired) electrons. The summed E-state index contributed by atoms with van der Waals surface area (Å²) in [6.45, 7) is 2.07.